The maximum atomic E-state index is 12.3. The molecule has 1 fully saturated rings. The maximum absolute atomic E-state index is 12.3. The van der Waals surface area contributed by atoms with E-state index in [0.717, 1.165) is 13.0 Å². The molecule has 1 aliphatic heterocycles. The molecule has 0 unspecified atom stereocenters. The summed E-state index contributed by atoms with van der Waals surface area (Å²) >= 11 is 0. The smallest absolute Gasteiger partial charge is 0.225 e. The minimum Gasteiger partial charge on any atom is -0.344 e. The summed E-state index contributed by atoms with van der Waals surface area (Å²) in [4.78, 5) is 14.0. The zero-order valence-corrected chi connectivity index (χ0v) is 15.5. The Kier molecular flexibility index (Phi) is 10.2. The molecule has 1 rings (SSSR count). The number of carbonyl (C=O) groups excluding carboxylic acids is 1. The fourth-order valence-electron chi connectivity index (χ4n) is 2.54. The number of sulfonamides is 1. The minimum absolute atomic E-state index is 0. The van der Waals surface area contributed by atoms with E-state index in [4.69, 9.17) is 0 Å². The second-order valence-corrected chi connectivity index (χ2v) is 7.79. The minimum atomic E-state index is -3.13. The van der Waals surface area contributed by atoms with Crippen molar-refractivity contribution < 1.29 is 13.2 Å². The molecule has 1 N–H and O–H groups in total. The SMILES string of the molecule is CCCCS(=O)(=O)N1CCC(C(=O)N(C)CCNC)CC1.Cl. The zero-order valence-electron chi connectivity index (χ0n) is 13.9. The average molecular weight is 356 g/mol. The topological polar surface area (TPSA) is 69.7 Å². The molecule has 0 bridgehead atoms. The molecule has 22 heavy (non-hydrogen) atoms. The van der Waals surface area contributed by atoms with Gasteiger partial charge in [-0.1, -0.05) is 13.3 Å². The first kappa shape index (κ1) is 21.6. The van der Waals surface area contributed by atoms with Crippen LogP contribution in [0, 0.1) is 5.92 Å². The van der Waals surface area contributed by atoms with Gasteiger partial charge in [0.1, 0.15) is 0 Å². The fraction of sp³-hybridized carbons (Fsp3) is 0.929. The number of rotatable bonds is 8. The quantitative estimate of drug-likeness (QED) is 0.703. The van der Waals surface area contributed by atoms with E-state index in [2.05, 4.69) is 5.32 Å². The van der Waals surface area contributed by atoms with Crippen molar-refractivity contribution in [1.29, 1.82) is 0 Å². The Morgan fingerprint density at radius 2 is 1.91 bits per heavy atom. The lowest BCUT2D eigenvalue weighted by Crippen LogP contribution is -2.45. The predicted octanol–water partition coefficient (Wildman–Crippen LogP) is 0.928. The molecule has 0 spiro atoms. The van der Waals surface area contributed by atoms with Gasteiger partial charge in [0.2, 0.25) is 15.9 Å². The number of halogens is 1. The Bertz CT molecular complexity index is 423. The number of piperidine rings is 1. The molecule has 0 radical (unpaired) electrons. The highest BCUT2D eigenvalue weighted by molar-refractivity contribution is 7.89. The number of hydrogen-bond donors (Lipinski definition) is 1. The number of carbonyl (C=O) groups is 1. The molecular weight excluding hydrogens is 326 g/mol. The van der Waals surface area contributed by atoms with Crippen LogP contribution in [0.1, 0.15) is 32.6 Å². The molecule has 6 nitrogen and oxygen atoms in total. The highest BCUT2D eigenvalue weighted by Gasteiger charge is 2.31. The highest BCUT2D eigenvalue weighted by atomic mass is 35.5. The normalized spacial score (nSPS) is 17.0. The average Bonchev–Trinajstić information content (AvgIpc) is 2.50. The van der Waals surface area contributed by atoms with Gasteiger partial charge in [-0.05, 0) is 26.3 Å². The second kappa shape index (κ2) is 10.4. The van der Waals surface area contributed by atoms with Crippen LogP contribution < -0.4 is 5.32 Å². The zero-order chi connectivity index (χ0) is 15.9. The Morgan fingerprint density at radius 3 is 2.41 bits per heavy atom. The first-order chi connectivity index (χ1) is 9.92. The van der Waals surface area contributed by atoms with E-state index >= 15 is 0 Å². The van der Waals surface area contributed by atoms with E-state index < -0.39 is 10.0 Å². The van der Waals surface area contributed by atoms with Crippen molar-refractivity contribution in [2.75, 3.05) is 46.0 Å². The van der Waals surface area contributed by atoms with Gasteiger partial charge in [-0.15, -0.1) is 12.4 Å². The van der Waals surface area contributed by atoms with Crippen LogP contribution in [-0.2, 0) is 14.8 Å². The monoisotopic (exact) mass is 355 g/mol. The van der Waals surface area contributed by atoms with Crippen LogP contribution in [0.3, 0.4) is 0 Å². The summed E-state index contributed by atoms with van der Waals surface area (Å²) in [5.41, 5.74) is 0. The van der Waals surface area contributed by atoms with Crippen molar-refractivity contribution in [3.63, 3.8) is 0 Å². The van der Waals surface area contributed by atoms with Crippen LogP contribution in [0.5, 0.6) is 0 Å². The van der Waals surface area contributed by atoms with E-state index in [-0.39, 0.29) is 30.0 Å². The summed E-state index contributed by atoms with van der Waals surface area (Å²) in [5, 5.41) is 3.02. The summed E-state index contributed by atoms with van der Waals surface area (Å²) < 4.78 is 25.8. The number of unbranched alkanes of at least 4 members (excludes halogenated alkanes) is 1. The van der Waals surface area contributed by atoms with E-state index in [0.29, 0.717) is 38.9 Å². The van der Waals surface area contributed by atoms with E-state index in [1.54, 1.807) is 9.21 Å². The summed E-state index contributed by atoms with van der Waals surface area (Å²) in [6.07, 6.45) is 2.85. The molecular formula is C14H30ClN3O3S. The number of amides is 1. The van der Waals surface area contributed by atoms with Crippen molar-refractivity contribution >= 4 is 28.3 Å². The van der Waals surface area contributed by atoms with Gasteiger partial charge in [-0.3, -0.25) is 4.79 Å². The lowest BCUT2D eigenvalue weighted by molar-refractivity contribution is -0.135. The third kappa shape index (κ3) is 6.40. The summed E-state index contributed by atoms with van der Waals surface area (Å²) in [6.45, 7) is 4.39. The van der Waals surface area contributed by atoms with Crippen LogP contribution >= 0.6 is 12.4 Å². The molecule has 0 atom stereocenters. The first-order valence-electron chi connectivity index (χ1n) is 7.79. The van der Waals surface area contributed by atoms with Crippen molar-refractivity contribution in [3.05, 3.63) is 0 Å². The van der Waals surface area contributed by atoms with Crippen molar-refractivity contribution in [2.24, 2.45) is 5.92 Å². The van der Waals surface area contributed by atoms with Crippen molar-refractivity contribution in [3.8, 4) is 0 Å². The standard InChI is InChI=1S/C14H29N3O3S.ClH/c1-4-5-12-21(19,20)17-9-6-13(7-10-17)14(18)16(3)11-8-15-2;/h13,15H,4-12H2,1-3H3;1H. The van der Waals surface area contributed by atoms with Crippen LogP contribution in [0.2, 0.25) is 0 Å². The van der Waals surface area contributed by atoms with Gasteiger partial charge in [-0.25, -0.2) is 12.7 Å². The maximum Gasteiger partial charge on any atom is 0.225 e. The lowest BCUT2D eigenvalue weighted by atomic mass is 9.97. The van der Waals surface area contributed by atoms with Gasteiger partial charge in [0.25, 0.3) is 0 Å². The van der Waals surface area contributed by atoms with E-state index in [1.165, 1.54) is 0 Å². The van der Waals surface area contributed by atoms with Gasteiger partial charge in [0.05, 0.1) is 5.75 Å². The van der Waals surface area contributed by atoms with Crippen LogP contribution in [0.15, 0.2) is 0 Å². The molecule has 8 heteroatoms. The van der Waals surface area contributed by atoms with E-state index in [9.17, 15) is 13.2 Å². The molecule has 0 aromatic rings. The first-order valence-corrected chi connectivity index (χ1v) is 9.40. The Labute approximate surface area is 141 Å². The largest absolute Gasteiger partial charge is 0.344 e. The van der Waals surface area contributed by atoms with Gasteiger partial charge in [-0.2, -0.15) is 0 Å². The summed E-state index contributed by atoms with van der Waals surface area (Å²) in [5.74, 6) is 0.324. The second-order valence-electron chi connectivity index (χ2n) is 5.71. The number of hydrogen-bond acceptors (Lipinski definition) is 4. The van der Waals surface area contributed by atoms with Gasteiger partial charge in [0.15, 0.2) is 0 Å². The third-order valence-corrected chi connectivity index (χ3v) is 5.98. The predicted molar refractivity (Wildman–Crippen MR) is 91.8 cm³/mol. The molecule has 1 amide bonds. The molecule has 0 aromatic carbocycles. The summed E-state index contributed by atoms with van der Waals surface area (Å²) in [7, 11) is 0.538. The Hall–Kier alpha value is -0.370. The molecule has 1 heterocycles. The van der Waals surface area contributed by atoms with E-state index in [1.807, 2.05) is 21.0 Å². The number of nitrogens with one attached hydrogen (secondary N) is 1. The van der Waals surface area contributed by atoms with Gasteiger partial charge < -0.3 is 10.2 Å². The number of likely N-dealkylation sites (N-methyl/N-ethyl adjacent to an activating group) is 2. The highest BCUT2D eigenvalue weighted by Crippen LogP contribution is 2.22. The third-order valence-electron chi connectivity index (χ3n) is 4.03. The van der Waals surface area contributed by atoms with Gasteiger partial charge >= 0.3 is 0 Å². The van der Waals surface area contributed by atoms with Crippen LogP contribution in [-0.4, -0.2) is 69.6 Å². The fourth-order valence-corrected chi connectivity index (χ4v) is 4.22. The molecule has 1 saturated heterocycles. The summed E-state index contributed by atoms with van der Waals surface area (Å²) in [6, 6.07) is 0. The molecule has 0 aromatic heterocycles. The van der Waals surface area contributed by atoms with Gasteiger partial charge in [0, 0.05) is 39.1 Å². The van der Waals surface area contributed by atoms with Crippen LogP contribution in [0.4, 0.5) is 0 Å². The van der Waals surface area contributed by atoms with Crippen molar-refractivity contribution in [2.45, 2.75) is 32.6 Å². The molecule has 0 aliphatic carbocycles. The molecule has 1 aliphatic rings. The Morgan fingerprint density at radius 1 is 1.32 bits per heavy atom. The Balaban J connectivity index is 0.00000441. The lowest BCUT2D eigenvalue weighted by Gasteiger charge is -2.32. The van der Waals surface area contributed by atoms with Crippen molar-refractivity contribution in [1.82, 2.24) is 14.5 Å². The number of nitrogens with zero attached hydrogens (tertiary/aromatic N) is 2. The van der Waals surface area contributed by atoms with Crippen LogP contribution in [0.25, 0.3) is 0 Å². The molecule has 0 saturated carbocycles. The molecule has 132 valence electrons.